The Morgan fingerprint density at radius 3 is 2.80 bits per heavy atom. The van der Waals surface area contributed by atoms with Gasteiger partial charge in [-0.1, -0.05) is 18.2 Å². The number of nitrogens with one attached hydrogen (secondary N) is 1. The maximum absolute atomic E-state index is 12.1. The molecule has 20 heavy (non-hydrogen) atoms. The number of furan rings is 1. The van der Waals surface area contributed by atoms with E-state index in [0.717, 1.165) is 15.6 Å². The number of fused-ring (bicyclic) bond motifs is 1. The molecule has 4 nitrogen and oxygen atoms in total. The largest absolute Gasteiger partial charge is 0.450 e. The number of carbonyl (C=O) groups excluding carboxylic acids is 1. The third-order valence-electron chi connectivity index (χ3n) is 2.85. The third-order valence-corrected chi connectivity index (χ3v) is 3.47. The molecule has 0 saturated carbocycles. The average molecular weight is 331 g/mol. The first-order valence-corrected chi connectivity index (χ1v) is 6.86. The van der Waals surface area contributed by atoms with Gasteiger partial charge in [-0.2, -0.15) is 0 Å². The summed E-state index contributed by atoms with van der Waals surface area (Å²) in [7, 11) is 0. The second kappa shape index (κ2) is 5.09. The number of aromatic nitrogens is 1. The van der Waals surface area contributed by atoms with Crippen LogP contribution < -0.4 is 5.32 Å². The van der Waals surface area contributed by atoms with Gasteiger partial charge in [0, 0.05) is 11.1 Å². The van der Waals surface area contributed by atoms with E-state index in [9.17, 15) is 4.79 Å². The van der Waals surface area contributed by atoms with E-state index in [1.54, 1.807) is 12.1 Å². The van der Waals surface area contributed by atoms with E-state index in [1.165, 1.54) is 0 Å². The molecule has 0 fully saturated rings. The van der Waals surface area contributed by atoms with Gasteiger partial charge in [0.25, 0.3) is 5.91 Å². The van der Waals surface area contributed by atoms with Gasteiger partial charge in [-0.25, -0.2) is 4.98 Å². The fourth-order valence-electron chi connectivity index (χ4n) is 1.93. The van der Waals surface area contributed by atoms with Gasteiger partial charge in [0.1, 0.15) is 11.4 Å². The fourth-order valence-corrected chi connectivity index (χ4v) is 2.39. The highest BCUT2D eigenvalue weighted by Crippen LogP contribution is 2.27. The first-order chi connectivity index (χ1) is 9.63. The monoisotopic (exact) mass is 330 g/mol. The van der Waals surface area contributed by atoms with Crippen LogP contribution in [0.2, 0.25) is 0 Å². The van der Waals surface area contributed by atoms with Crippen molar-refractivity contribution in [2.45, 2.75) is 6.92 Å². The van der Waals surface area contributed by atoms with Crippen LogP contribution in [0.1, 0.15) is 16.2 Å². The van der Waals surface area contributed by atoms with Crippen molar-refractivity contribution < 1.29 is 9.21 Å². The van der Waals surface area contributed by atoms with Crippen LogP contribution in [0.25, 0.3) is 11.0 Å². The molecule has 0 spiro atoms. The van der Waals surface area contributed by atoms with Crippen LogP contribution in [0.4, 0.5) is 5.82 Å². The number of halogens is 1. The first-order valence-electron chi connectivity index (χ1n) is 6.06. The third kappa shape index (κ3) is 2.44. The lowest BCUT2D eigenvalue weighted by molar-refractivity contribution is 0.0998. The van der Waals surface area contributed by atoms with E-state index in [0.29, 0.717) is 11.4 Å². The van der Waals surface area contributed by atoms with Gasteiger partial charge in [0.15, 0.2) is 5.76 Å². The predicted molar refractivity (Wildman–Crippen MR) is 80.8 cm³/mol. The molecule has 1 N–H and O–H groups in total. The molecule has 3 rings (SSSR count). The zero-order valence-electron chi connectivity index (χ0n) is 10.7. The van der Waals surface area contributed by atoms with Gasteiger partial charge in [0.2, 0.25) is 0 Å². The normalized spacial score (nSPS) is 10.7. The number of benzene rings is 1. The molecule has 5 heteroatoms. The van der Waals surface area contributed by atoms with Gasteiger partial charge < -0.3 is 9.73 Å². The molecule has 0 aliphatic rings. The molecule has 2 heterocycles. The van der Waals surface area contributed by atoms with Gasteiger partial charge in [-0.3, -0.25) is 4.79 Å². The highest BCUT2D eigenvalue weighted by molar-refractivity contribution is 9.10. The predicted octanol–water partition coefficient (Wildman–Crippen LogP) is 4.15. The van der Waals surface area contributed by atoms with Crippen molar-refractivity contribution in [3.63, 3.8) is 0 Å². The molecule has 0 bridgehead atoms. The van der Waals surface area contributed by atoms with E-state index in [4.69, 9.17) is 4.42 Å². The molecule has 1 aromatic carbocycles. The molecule has 1 amide bonds. The average Bonchev–Trinajstić information content (AvgIpc) is 2.84. The molecule has 0 radical (unpaired) electrons. The zero-order chi connectivity index (χ0) is 14.1. The lowest BCUT2D eigenvalue weighted by atomic mass is 10.2. The van der Waals surface area contributed by atoms with Gasteiger partial charge in [-0.05, 0) is 47.1 Å². The highest BCUT2D eigenvalue weighted by atomic mass is 79.9. The number of pyridine rings is 1. The number of amides is 1. The molecule has 100 valence electrons. The maximum Gasteiger partial charge on any atom is 0.292 e. The van der Waals surface area contributed by atoms with Crippen molar-refractivity contribution in [2.75, 3.05) is 5.32 Å². The number of hydrogen-bond acceptors (Lipinski definition) is 3. The number of para-hydroxylation sites is 1. The van der Waals surface area contributed by atoms with E-state index in [1.807, 2.05) is 37.3 Å². The first kappa shape index (κ1) is 12.9. The van der Waals surface area contributed by atoms with Crippen molar-refractivity contribution in [3.8, 4) is 0 Å². The van der Waals surface area contributed by atoms with Crippen molar-refractivity contribution >= 4 is 38.6 Å². The summed E-state index contributed by atoms with van der Waals surface area (Å²) in [5.41, 5.74) is 1.50. The summed E-state index contributed by atoms with van der Waals surface area (Å²) >= 11 is 3.40. The molecule has 0 aliphatic heterocycles. The second-order valence-electron chi connectivity index (χ2n) is 4.39. The van der Waals surface area contributed by atoms with Crippen LogP contribution >= 0.6 is 15.9 Å². The van der Waals surface area contributed by atoms with Crippen LogP contribution in [0.3, 0.4) is 0 Å². The Bertz CT molecular complexity index is 795. The summed E-state index contributed by atoms with van der Waals surface area (Å²) in [5.74, 6) is 0.455. The Kier molecular flexibility index (Phi) is 3.28. The summed E-state index contributed by atoms with van der Waals surface area (Å²) in [5, 5.41) is 3.60. The van der Waals surface area contributed by atoms with Crippen LogP contribution in [0.5, 0.6) is 0 Å². The summed E-state index contributed by atoms with van der Waals surface area (Å²) in [6.07, 6.45) is 0. The highest BCUT2D eigenvalue weighted by Gasteiger charge is 2.14. The zero-order valence-corrected chi connectivity index (χ0v) is 12.3. The van der Waals surface area contributed by atoms with E-state index in [2.05, 4.69) is 26.2 Å². The number of rotatable bonds is 2. The molecule has 3 aromatic rings. The van der Waals surface area contributed by atoms with Crippen LogP contribution in [-0.2, 0) is 0 Å². The summed E-state index contributed by atoms with van der Waals surface area (Å²) < 4.78 is 6.40. The lowest BCUT2D eigenvalue weighted by Crippen LogP contribution is -2.12. The SMILES string of the molecule is Cc1cccc(NC(=O)c2cc3cccc(Br)c3o2)n1. The Labute approximate surface area is 123 Å². The Balaban J connectivity index is 1.91. The minimum absolute atomic E-state index is 0.259. The minimum atomic E-state index is -0.314. The molecule has 0 atom stereocenters. The Hall–Kier alpha value is -2.14. The number of carbonyl (C=O) groups is 1. The molecular weight excluding hydrogens is 320 g/mol. The van der Waals surface area contributed by atoms with Crippen molar-refractivity contribution in [1.82, 2.24) is 4.98 Å². The maximum atomic E-state index is 12.1. The van der Waals surface area contributed by atoms with Crippen LogP contribution in [0.15, 0.2) is 51.4 Å². The fraction of sp³-hybridized carbons (Fsp3) is 0.0667. The summed E-state index contributed by atoms with van der Waals surface area (Å²) in [6.45, 7) is 1.87. The lowest BCUT2D eigenvalue weighted by Gasteiger charge is -2.02. The standard InChI is InChI=1S/C15H11BrN2O2/c1-9-4-2-7-13(17-9)18-15(19)12-8-10-5-3-6-11(16)14(10)20-12/h2-8H,1H3,(H,17,18,19). The molecule has 0 aliphatic carbocycles. The number of nitrogens with zero attached hydrogens (tertiary/aromatic N) is 1. The van der Waals surface area contributed by atoms with E-state index in [-0.39, 0.29) is 11.7 Å². The summed E-state index contributed by atoms with van der Waals surface area (Å²) in [4.78, 5) is 16.4. The van der Waals surface area contributed by atoms with Crippen molar-refractivity contribution in [2.24, 2.45) is 0 Å². The van der Waals surface area contributed by atoms with E-state index < -0.39 is 0 Å². The van der Waals surface area contributed by atoms with Gasteiger partial charge >= 0.3 is 0 Å². The Morgan fingerprint density at radius 1 is 1.25 bits per heavy atom. The minimum Gasteiger partial charge on any atom is -0.450 e. The molecule has 0 saturated heterocycles. The van der Waals surface area contributed by atoms with Gasteiger partial charge in [-0.15, -0.1) is 0 Å². The number of aryl methyl sites for hydroxylation is 1. The van der Waals surface area contributed by atoms with E-state index >= 15 is 0 Å². The number of anilines is 1. The molecule has 0 unspecified atom stereocenters. The van der Waals surface area contributed by atoms with Gasteiger partial charge in [0.05, 0.1) is 4.47 Å². The smallest absolute Gasteiger partial charge is 0.292 e. The molecule has 2 aromatic heterocycles. The van der Waals surface area contributed by atoms with Crippen LogP contribution in [-0.4, -0.2) is 10.9 Å². The summed E-state index contributed by atoms with van der Waals surface area (Å²) in [6, 6.07) is 12.8. The second-order valence-corrected chi connectivity index (χ2v) is 5.24. The van der Waals surface area contributed by atoms with Crippen LogP contribution in [0, 0.1) is 6.92 Å². The van der Waals surface area contributed by atoms with Crippen molar-refractivity contribution in [1.29, 1.82) is 0 Å². The van der Waals surface area contributed by atoms with Crippen molar-refractivity contribution in [3.05, 3.63) is 58.4 Å². The quantitative estimate of drug-likeness (QED) is 0.767. The topological polar surface area (TPSA) is 55.1 Å². The number of hydrogen-bond donors (Lipinski definition) is 1. The Morgan fingerprint density at radius 2 is 2.05 bits per heavy atom. The molecular formula is C15H11BrN2O2.